The minimum atomic E-state index is -1.03. The zero-order valence-electron chi connectivity index (χ0n) is 17.1. The van der Waals surface area contributed by atoms with Gasteiger partial charge in [-0.15, -0.1) is 11.3 Å². The highest BCUT2D eigenvalue weighted by molar-refractivity contribution is 7.14. The minimum absolute atomic E-state index is 0.163. The molecule has 0 fully saturated rings. The summed E-state index contributed by atoms with van der Waals surface area (Å²) in [6.07, 6.45) is 0. The molecule has 166 valence electrons. The summed E-state index contributed by atoms with van der Waals surface area (Å²) in [5, 5.41) is 7.17. The minimum Gasteiger partial charge on any atom is -0.454 e. The Morgan fingerprint density at radius 1 is 1.09 bits per heavy atom. The number of benzene rings is 2. The molecule has 2 amide bonds. The SMILES string of the molecule is CC(C)C(NC(=O)c1c(F)cccc1F)C(=O)Nc1nc(-c2ccc3c(c2)OCO3)cs1. The second kappa shape index (κ2) is 8.91. The normalized spacial score (nSPS) is 13.2. The molecule has 0 bridgehead atoms. The van der Waals surface area contributed by atoms with E-state index < -0.39 is 35.1 Å². The van der Waals surface area contributed by atoms with Crippen LogP contribution in [0, 0.1) is 17.6 Å². The first-order valence-electron chi connectivity index (χ1n) is 9.74. The molecule has 2 N–H and O–H groups in total. The van der Waals surface area contributed by atoms with Crippen LogP contribution in [0.3, 0.4) is 0 Å². The second-order valence-corrected chi connectivity index (χ2v) is 8.25. The van der Waals surface area contributed by atoms with E-state index in [-0.39, 0.29) is 12.7 Å². The Labute approximate surface area is 186 Å². The number of anilines is 1. The van der Waals surface area contributed by atoms with E-state index in [0.29, 0.717) is 22.3 Å². The maximum atomic E-state index is 13.9. The molecule has 4 rings (SSSR count). The zero-order valence-corrected chi connectivity index (χ0v) is 18.0. The first kappa shape index (κ1) is 21.7. The molecule has 1 aliphatic rings. The van der Waals surface area contributed by atoms with Crippen LogP contribution in [-0.2, 0) is 4.79 Å². The number of ether oxygens (including phenoxy) is 2. The van der Waals surface area contributed by atoms with Crippen molar-refractivity contribution in [3.05, 3.63) is 59.0 Å². The van der Waals surface area contributed by atoms with Crippen LogP contribution >= 0.6 is 11.3 Å². The van der Waals surface area contributed by atoms with Crippen molar-refractivity contribution in [1.82, 2.24) is 10.3 Å². The average molecular weight is 459 g/mol. The standard InChI is InChI=1S/C22H19F2N3O4S/c1-11(2)19(26-20(28)18-13(23)4-3-5-14(18)24)21(29)27-22-25-15(9-32-22)12-6-7-16-17(8-12)31-10-30-16/h3-9,11,19H,10H2,1-2H3,(H,26,28)(H,25,27,29). The smallest absolute Gasteiger partial charge is 0.257 e. The van der Waals surface area contributed by atoms with Gasteiger partial charge in [0.2, 0.25) is 12.7 Å². The van der Waals surface area contributed by atoms with Gasteiger partial charge in [-0.25, -0.2) is 13.8 Å². The number of halogens is 2. The predicted molar refractivity (Wildman–Crippen MR) is 115 cm³/mol. The van der Waals surface area contributed by atoms with Gasteiger partial charge in [0, 0.05) is 10.9 Å². The number of amides is 2. The van der Waals surface area contributed by atoms with Crippen molar-refractivity contribution in [3.63, 3.8) is 0 Å². The lowest BCUT2D eigenvalue weighted by Crippen LogP contribution is -2.47. The number of carbonyl (C=O) groups is 2. The first-order valence-corrected chi connectivity index (χ1v) is 10.6. The summed E-state index contributed by atoms with van der Waals surface area (Å²) in [6.45, 7) is 3.58. The van der Waals surface area contributed by atoms with Gasteiger partial charge in [0.1, 0.15) is 23.2 Å². The number of rotatable bonds is 6. The van der Waals surface area contributed by atoms with E-state index >= 15 is 0 Å². The molecule has 10 heteroatoms. The third-order valence-corrected chi connectivity index (χ3v) is 5.59. The van der Waals surface area contributed by atoms with Gasteiger partial charge in [-0.1, -0.05) is 19.9 Å². The van der Waals surface area contributed by atoms with Gasteiger partial charge in [-0.2, -0.15) is 0 Å². The van der Waals surface area contributed by atoms with Crippen molar-refractivity contribution in [3.8, 4) is 22.8 Å². The summed E-state index contributed by atoms with van der Waals surface area (Å²) < 4.78 is 38.5. The monoisotopic (exact) mass is 459 g/mol. The molecule has 32 heavy (non-hydrogen) atoms. The average Bonchev–Trinajstić information content (AvgIpc) is 3.40. The Bertz CT molecular complexity index is 1160. The number of aromatic nitrogens is 1. The highest BCUT2D eigenvalue weighted by Gasteiger charge is 2.28. The fourth-order valence-electron chi connectivity index (χ4n) is 3.17. The summed E-state index contributed by atoms with van der Waals surface area (Å²) in [4.78, 5) is 29.7. The molecular weight excluding hydrogens is 440 g/mol. The Morgan fingerprint density at radius 3 is 2.53 bits per heavy atom. The molecule has 0 aliphatic carbocycles. The number of carbonyl (C=O) groups excluding carboxylic acids is 2. The van der Waals surface area contributed by atoms with Gasteiger partial charge in [0.15, 0.2) is 16.6 Å². The van der Waals surface area contributed by atoms with Crippen LogP contribution in [0.5, 0.6) is 11.5 Å². The number of thiazole rings is 1. The topological polar surface area (TPSA) is 89.6 Å². The number of hydrogen-bond acceptors (Lipinski definition) is 6. The third-order valence-electron chi connectivity index (χ3n) is 4.83. The largest absolute Gasteiger partial charge is 0.454 e. The first-order chi connectivity index (χ1) is 15.3. The molecule has 1 atom stereocenters. The van der Waals surface area contributed by atoms with E-state index in [1.54, 1.807) is 31.4 Å². The van der Waals surface area contributed by atoms with Crippen molar-refractivity contribution in [2.45, 2.75) is 19.9 Å². The molecule has 0 spiro atoms. The summed E-state index contributed by atoms with van der Waals surface area (Å²) in [5.41, 5.74) is 0.683. The Morgan fingerprint density at radius 2 is 1.81 bits per heavy atom. The summed E-state index contributed by atoms with van der Waals surface area (Å²) in [7, 11) is 0. The van der Waals surface area contributed by atoms with Crippen LogP contribution in [0.25, 0.3) is 11.3 Å². The van der Waals surface area contributed by atoms with E-state index in [9.17, 15) is 18.4 Å². The molecular formula is C22H19F2N3O4S. The summed E-state index contributed by atoms with van der Waals surface area (Å²) >= 11 is 1.21. The number of fused-ring (bicyclic) bond motifs is 1. The molecule has 2 heterocycles. The Hall–Kier alpha value is -3.53. The van der Waals surface area contributed by atoms with E-state index in [0.717, 1.165) is 23.8 Å². The molecule has 1 aromatic heterocycles. The van der Waals surface area contributed by atoms with E-state index in [2.05, 4.69) is 15.6 Å². The Kier molecular flexibility index (Phi) is 6.04. The van der Waals surface area contributed by atoms with E-state index in [1.807, 2.05) is 6.07 Å². The van der Waals surface area contributed by atoms with Gasteiger partial charge in [0.05, 0.1) is 5.69 Å². The fourth-order valence-corrected chi connectivity index (χ4v) is 3.89. The predicted octanol–water partition coefficient (Wildman–Crippen LogP) is 4.21. The van der Waals surface area contributed by atoms with Gasteiger partial charge in [-0.3, -0.25) is 9.59 Å². The molecule has 7 nitrogen and oxygen atoms in total. The lowest BCUT2D eigenvalue weighted by Gasteiger charge is -2.21. The van der Waals surface area contributed by atoms with Crippen LogP contribution < -0.4 is 20.1 Å². The highest BCUT2D eigenvalue weighted by atomic mass is 32.1. The van der Waals surface area contributed by atoms with Gasteiger partial charge in [0.25, 0.3) is 5.91 Å². The summed E-state index contributed by atoms with van der Waals surface area (Å²) in [5.74, 6) is -2.63. The van der Waals surface area contributed by atoms with Crippen LogP contribution in [0.4, 0.5) is 13.9 Å². The molecule has 3 aromatic rings. The number of nitrogens with one attached hydrogen (secondary N) is 2. The summed E-state index contributed by atoms with van der Waals surface area (Å²) in [6, 6.07) is 7.50. The van der Waals surface area contributed by atoms with Crippen LogP contribution in [-0.4, -0.2) is 29.6 Å². The Balaban J connectivity index is 1.47. The molecule has 0 saturated carbocycles. The number of nitrogens with zero attached hydrogens (tertiary/aromatic N) is 1. The molecule has 1 aliphatic heterocycles. The zero-order chi connectivity index (χ0) is 22.8. The third kappa shape index (κ3) is 4.40. The van der Waals surface area contributed by atoms with Crippen molar-refractivity contribution in [2.24, 2.45) is 5.92 Å². The second-order valence-electron chi connectivity index (χ2n) is 7.39. The maximum Gasteiger partial charge on any atom is 0.257 e. The lowest BCUT2D eigenvalue weighted by molar-refractivity contribution is -0.118. The van der Waals surface area contributed by atoms with E-state index in [4.69, 9.17) is 9.47 Å². The quantitative estimate of drug-likeness (QED) is 0.577. The molecule has 1 unspecified atom stereocenters. The molecule has 0 saturated heterocycles. The van der Waals surface area contributed by atoms with Crippen molar-refractivity contribution in [1.29, 1.82) is 0 Å². The van der Waals surface area contributed by atoms with Gasteiger partial charge < -0.3 is 20.1 Å². The van der Waals surface area contributed by atoms with Crippen LogP contribution in [0.15, 0.2) is 41.8 Å². The number of hydrogen-bond donors (Lipinski definition) is 2. The molecule has 0 radical (unpaired) electrons. The maximum absolute atomic E-state index is 13.9. The van der Waals surface area contributed by atoms with Gasteiger partial charge in [-0.05, 0) is 36.2 Å². The van der Waals surface area contributed by atoms with Crippen molar-refractivity contribution in [2.75, 3.05) is 12.1 Å². The lowest BCUT2D eigenvalue weighted by atomic mass is 10.0. The van der Waals surface area contributed by atoms with Crippen LogP contribution in [0.2, 0.25) is 0 Å². The van der Waals surface area contributed by atoms with Crippen LogP contribution in [0.1, 0.15) is 24.2 Å². The van der Waals surface area contributed by atoms with Crippen molar-refractivity contribution >= 4 is 28.3 Å². The van der Waals surface area contributed by atoms with Gasteiger partial charge >= 0.3 is 0 Å². The molecule has 2 aromatic carbocycles. The fraction of sp³-hybridized carbons (Fsp3) is 0.227. The highest BCUT2D eigenvalue weighted by Crippen LogP contribution is 2.36. The van der Waals surface area contributed by atoms with Crippen molar-refractivity contribution < 1.29 is 27.8 Å². The van der Waals surface area contributed by atoms with E-state index in [1.165, 1.54) is 11.3 Å².